The molecule has 2 aliphatic heterocycles. The van der Waals surface area contributed by atoms with Crippen LogP contribution in [0.5, 0.6) is 11.6 Å². The number of carbonyl (C=O) groups is 4. The minimum absolute atomic E-state index is 0.0376. The smallest absolute Gasteiger partial charge is 0.408 e. The van der Waals surface area contributed by atoms with Crippen molar-refractivity contribution in [1.82, 2.24) is 25.2 Å². The van der Waals surface area contributed by atoms with Crippen LogP contribution >= 0.6 is 0 Å². The number of fused-ring (bicyclic) bond motifs is 3. The molecule has 15 nitrogen and oxygen atoms in total. The number of aromatic nitrogens is 1. The standard InChI is InChI=1S/C39H50F3N5O10S/c1-21-10-8-9-11-23-18-39(23,34(50)46-58(52,53)37(5)14-15-37)45-31(48)28-17-25(56-32-27-16-24(40)12-13-26(27)29(54-7)19-43-32)20-47(28)33(49)30(22(2)55-21)44-35(51)57-36(3,4)38(6,41)42/h9,11-13,16,19,21-23,25,28,30H,8,10,14-15,17-18,20H2,1-7H3,(H,44,51)(H,45,48)(H,46,50). The maximum atomic E-state index is 14.7. The lowest BCUT2D eigenvalue weighted by Crippen LogP contribution is -2.60. The number of ether oxygens (including phenoxy) is 4. The van der Waals surface area contributed by atoms with Crippen LogP contribution in [0.3, 0.4) is 0 Å². The molecular weight excluding hydrogens is 788 g/mol. The third-order valence-electron chi connectivity index (χ3n) is 11.7. The molecule has 0 bridgehead atoms. The lowest BCUT2D eigenvalue weighted by Gasteiger charge is -2.35. The molecule has 318 valence electrons. The van der Waals surface area contributed by atoms with Crippen molar-refractivity contribution < 1.29 is 59.7 Å². The second-order valence-corrected chi connectivity index (χ2v) is 18.7. The number of hydrogen-bond acceptors (Lipinski definition) is 11. The molecule has 2 aliphatic carbocycles. The van der Waals surface area contributed by atoms with E-state index in [4.69, 9.17) is 18.9 Å². The number of sulfonamides is 1. The molecule has 1 aromatic heterocycles. The van der Waals surface area contributed by atoms with Gasteiger partial charge in [-0.1, -0.05) is 12.2 Å². The Balaban J connectivity index is 1.36. The van der Waals surface area contributed by atoms with Gasteiger partial charge in [0.05, 0.1) is 42.2 Å². The molecule has 0 radical (unpaired) electrons. The zero-order valence-corrected chi connectivity index (χ0v) is 34.2. The van der Waals surface area contributed by atoms with E-state index in [0.29, 0.717) is 43.7 Å². The minimum Gasteiger partial charge on any atom is -0.494 e. The average molecular weight is 838 g/mol. The summed E-state index contributed by atoms with van der Waals surface area (Å²) >= 11 is 0. The molecule has 3 fully saturated rings. The third kappa shape index (κ3) is 8.56. The highest BCUT2D eigenvalue weighted by Crippen LogP contribution is 2.47. The number of alkyl halides is 2. The Kier molecular flexibility index (Phi) is 11.5. The Hall–Kier alpha value is -4.65. The van der Waals surface area contributed by atoms with Crippen molar-refractivity contribution in [3.63, 3.8) is 0 Å². The van der Waals surface area contributed by atoms with Crippen LogP contribution < -0.4 is 24.8 Å². The summed E-state index contributed by atoms with van der Waals surface area (Å²) in [6, 6.07) is 0.930. The van der Waals surface area contributed by atoms with Gasteiger partial charge in [-0.2, -0.15) is 0 Å². The van der Waals surface area contributed by atoms with Gasteiger partial charge in [0.15, 0.2) is 5.60 Å². The first kappa shape index (κ1) is 42.9. The van der Waals surface area contributed by atoms with Crippen LogP contribution in [0, 0.1) is 11.7 Å². The Bertz CT molecular complexity index is 2110. The predicted octanol–water partition coefficient (Wildman–Crippen LogP) is 4.28. The largest absolute Gasteiger partial charge is 0.494 e. The van der Waals surface area contributed by atoms with Gasteiger partial charge in [0, 0.05) is 24.6 Å². The Morgan fingerprint density at radius 2 is 1.83 bits per heavy atom. The van der Waals surface area contributed by atoms with Gasteiger partial charge >= 0.3 is 6.09 Å². The first-order valence-electron chi connectivity index (χ1n) is 19.2. The monoisotopic (exact) mass is 837 g/mol. The van der Waals surface area contributed by atoms with Crippen LogP contribution in [0.4, 0.5) is 18.0 Å². The van der Waals surface area contributed by atoms with Crippen molar-refractivity contribution >= 4 is 44.6 Å². The van der Waals surface area contributed by atoms with Crippen LogP contribution in [0.1, 0.15) is 80.1 Å². The van der Waals surface area contributed by atoms with Gasteiger partial charge in [-0.05, 0) is 84.9 Å². The Labute approximate surface area is 334 Å². The van der Waals surface area contributed by atoms with Gasteiger partial charge in [-0.3, -0.25) is 19.1 Å². The number of nitrogens with zero attached hydrogens (tertiary/aromatic N) is 2. The fourth-order valence-electron chi connectivity index (χ4n) is 7.16. The predicted molar refractivity (Wildman–Crippen MR) is 203 cm³/mol. The van der Waals surface area contributed by atoms with E-state index in [1.807, 2.05) is 0 Å². The quantitative estimate of drug-likeness (QED) is 0.306. The third-order valence-corrected chi connectivity index (χ3v) is 13.8. The maximum absolute atomic E-state index is 14.7. The van der Waals surface area contributed by atoms with E-state index in [-0.39, 0.29) is 30.7 Å². The molecule has 0 spiro atoms. The summed E-state index contributed by atoms with van der Waals surface area (Å²) in [5.41, 5.74) is -3.97. The average Bonchev–Trinajstić information content (AvgIpc) is 4.01. The lowest BCUT2D eigenvalue weighted by atomic mass is 10.0. The van der Waals surface area contributed by atoms with Gasteiger partial charge in [-0.25, -0.2) is 31.4 Å². The van der Waals surface area contributed by atoms with Crippen LogP contribution in [0.2, 0.25) is 0 Å². The molecule has 2 aromatic rings. The summed E-state index contributed by atoms with van der Waals surface area (Å²) in [6.07, 6.45) is 2.41. The number of rotatable bonds is 9. The first-order valence-corrected chi connectivity index (χ1v) is 20.7. The number of carbonyl (C=O) groups excluding carboxylic acids is 4. The van der Waals surface area contributed by atoms with E-state index in [0.717, 1.165) is 18.7 Å². The summed E-state index contributed by atoms with van der Waals surface area (Å²) in [6.45, 7) is 7.08. The molecule has 1 saturated heterocycles. The summed E-state index contributed by atoms with van der Waals surface area (Å²) < 4.78 is 93.5. The number of pyridine rings is 1. The van der Waals surface area contributed by atoms with Crippen LogP contribution in [0.25, 0.3) is 10.8 Å². The topological polar surface area (TPSA) is 192 Å². The Morgan fingerprint density at radius 3 is 2.48 bits per heavy atom. The van der Waals surface area contributed by atoms with Crippen molar-refractivity contribution in [3.05, 3.63) is 42.4 Å². The van der Waals surface area contributed by atoms with E-state index < -0.39 is 97.8 Å². The van der Waals surface area contributed by atoms with Crippen molar-refractivity contribution in [2.75, 3.05) is 13.7 Å². The van der Waals surface area contributed by atoms with Crippen molar-refractivity contribution in [1.29, 1.82) is 0 Å². The summed E-state index contributed by atoms with van der Waals surface area (Å²) in [4.78, 5) is 61.7. The number of benzene rings is 1. The summed E-state index contributed by atoms with van der Waals surface area (Å²) in [5, 5.41) is 5.85. The van der Waals surface area contributed by atoms with Crippen molar-refractivity contribution in [2.24, 2.45) is 5.92 Å². The molecule has 2 saturated carbocycles. The van der Waals surface area contributed by atoms with E-state index in [2.05, 4.69) is 20.3 Å². The summed E-state index contributed by atoms with van der Waals surface area (Å²) in [5.74, 6) is -6.98. The van der Waals surface area contributed by atoms with Crippen molar-refractivity contribution in [3.8, 4) is 11.6 Å². The zero-order valence-electron chi connectivity index (χ0n) is 33.4. The first-order chi connectivity index (χ1) is 27.0. The molecule has 4 aliphatic rings. The van der Waals surface area contributed by atoms with Crippen LogP contribution in [-0.2, 0) is 33.9 Å². The molecule has 7 atom stereocenters. The molecule has 58 heavy (non-hydrogen) atoms. The highest BCUT2D eigenvalue weighted by atomic mass is 32.2. The van der Waals surface area contributed by atoms with E-state index in [1.54, 1.807) is 19.1 Å². The second kappa shape index (κ2) is 15.5. The highest BCUT2D eigenvalue weighted by Gasteiger charge is 2.63. The van der Waals surface area contributed by atoms with Gasteiger partial charge in [0.1, 0.15) is 35.3 Å². The van der Waals surface area contributed by atoms with Gasteiger partial charge in [-0.15, -0.1) is 0 Å². The number of alkyl carbamates (subject to hydrolysis) is 1. The minimum atomic E-state index is -4.10. The maximum Gasteiger partial charge on any atom is 0.408 e. The molecule has 3 heterocycles. The van der Waals surface area contributed by atoms with E-state index >= 15 is 0 Å². The normalized spacial score (nSPS) is 28.9. The number of halogens is 3. The highest BCUT2D eigenvalue weighted by molar-refractivity contribution is 7.91. The van der Waals surface area contributed by atoms with E-state index in [1.165, 1.54) is 45.4 Å². The van der Waals surface area contributed by atoms with Gasteiger partial charge < -0.3 is 34.5 Å². The molecule has 1 aromatic carbocycles. The zero-order chi connectivity index (χ0) is 42.6. The molecule has 3 N–H and O–H groups in total. The number of methoxy groups -OCH3 is 1. The molecule has 19 heteroatoms. The fourth-order valence-corrected chi connectivity index (χ4v) is 8.47. The van der Waals surface area contributed by atoms with Crippen molar-refractivity contribution in [2.45, 2.75) is 132 Å². The molecule has 6 rings (SSSR count). The number of nitrogens with one attached hydrogen (secondary N) is 3. The number of allylic oxidation sites excluding steroid dienone is 1. The molecular formula is C39H50F3N5O10S. The number of hydrogen-bond donors (Lipinski definition) is 3. The lowest BCUT2D eigenvalue weighted by molar-refractivity contribution is -0.153. The van der Waals surface area contributed by atoms with Crippen LogP contribution in [-0.4, -0.2) is 108 Å². The number of amides is 4. The van der Waals surface area contributed by atoms with Gasteiger partial charge in [0.2, 0.25) is 27.7 Å². The second-order valence-electron chi connectivity index (χ2n) is 16.5. The van der Waals surface area contributed by atoms with Crippen LogP contribution in [0.15, 0.2) is 36.5 Å². The van der Waals surface area contributed by atoms with E-state index in [9.17, 15) is 40.8 Å². The molecule has 4 amide bonds. The fraction of sp³-hybridized carbons (Fsp3) is 0.615. The van der Waals surface area contributed by atoms with Gasteiger partial charge in [0.25, 0.3) is 11.8 Å². The SMILES string of the molecule is COc1cnc(OC2CC3C(=O)NC4(C(=O)NS(=O)(=O)C5(C)CC5)CC4C=CCCC(C)OC(C)C(NC(=O)OC(C)(C)C(C)(F)F)C(=O)N3C2)c2cc(F)ccc12. The Morgan fingerprint density at radius 1 is 1.12 bits per heavy atom. The molecule has 7 unspecified atom stereocenters. The summed E-state index contributed by atoms with van der Waals surface area (Å²) in [7, 11) is -2.68.